The summed E-state index contributed by atoms with van der Waals surface area (Å²) in [7, 11) is 0. The van der Waals surface area contributed by atoms with Crippen molar-refractivity contribution in [1.82, 2.24) is 15.2 Å². The van der Waals surface area contributed by atoms with Gasteiger partial charge >= 0.3 is 0 Å². The van der Waals surface area contributed by atoms with Crippen molar-refractivity contribution in [2.24, 2.45) is 0 Å². The van der Waals surface area contributed by atoms with Crippen molar-refractivity contribution in [3.05, 3.63) is 15.6 Å². The van der Waals surface area contributed by atoms with Crippen molar-refractivity contribution in [2.45, 2.75) is 64.6 Å². The van der Waals surface area contributed by atoms with E-state index in [9.17, 15) is 0 Å². The lowest BCUT2D eigenvalue weighted by atomic mass is 9.96. The molecular weight excluding hydrogens is 254 g/mol. The van der Waals surface area contributed by atoms with E-state index in [1.807, 2.05) is 11.3 Å². The predicted octanol–water partition coefficient (Wildman–Crippen LogP) is 3.04. The second kappa shape index (κ2) is 5.51. The number of hydrogen-bond donors (Lipinski definition) is 1. The lowest BCUT2D eigenvalue weighted by Crippen LogP contribution is -2.46. The number of thiazole rings is 1. The largest absolute Gasteiger partial charge is 0.306 e. The molecule has 1 aromatic rings. The maximum Gasteiger partial charge on any atom is 0.0900 e. The molecule has 2 aliphatic rings. The standard InChI is InChI=1S/C15H25N3S/c1-10(15-11(2)19-12(3)17-15)16-13-6-8-18-7-4-5-14(18)9-13/h10,13-14,16H,4-9H2,1-3H3. The number of aromatic nitrogens is 1. The summed E-state index contributed by atoms with van der Waals surface area (Å²) in [4.78, 5) is 8.74. The van der Waals surface area contributed by atoms with Crippen LogP contribution in [0.3, 0.4) is 0 Å². The molecule has 3 nitrogen and oxygen atoms in total. The molecule has 3 heterocycles. The third-order valence-electron chi connectivity index (χ3n) is 4.66. The Kier molecular flexibility index (Phi) is 3.92. The first-order chi connectivity index (χ1) is 9.13. The molecule has 3 rings (SSSR count). The lowest BCUT2D eigenvalue weighted by Gasteiger charge is -2.36. The molecule has 4 heteroatoms. The summed E-state index contributed by atoms with van der Waals surface area (Å²) in [5, 5.41) is 5.01. The summed E-state index contributed by atoms with van der Waals surface area (Å²) in [6.07, 6.45) is 5.42. The summed E-state index contributed by atoms with van der Waals surface area (Å²) >= 11 is 1.82. The van der Waals surface area contributed by atoms with E-state index < -0.39 is 0 Å². The van der Waals surface area contributed by atoms with Crippen molar-refractivity contribution >= 4 is 11.3 Å². The third-order valence-corrected chi connectivity index (χ3v) is 5.56. The van der Waals surface area contributed by atoms with Crippen LogP contribution in [-0.4, -0.2) is 35.1 Å². The Morgan fingerprint density at radius 2 is 2.16 bits per heavy atom. The smallest absolute Gasteiger partial charge is 0.0900 e. The highest BCUT2D eigenvalue weighted by molar-refractivity contribution is 7.11. The second-order valence-corrected chi connectivity index (χ2v) is 7.52. The normalized spacial score (nSPS) is 29.4. The van der Waals surface area contributed by atoms with Gasteiger partial charge in [0.25, 0.3) is 0 Å². The molecule has 0 saturated carbocycles. The lowest BCUT2D eigenvalue weighted by molar-refractivity contribution is 0.162. The highest BCUT2D eigenvalue weighted by Gasteiger charge is 2.32. The molecule has 1 aromatic heterocycles. The SMILES string of the molecule is Cc1nc(C(C)NC2CCN3CCCC3C2)c(C)s1. The average Bonchev–Trinajstić information content (AvgIpc) is 2.94. The Balaban J connectivity index is 1.60. The van der Waals surface area contributed by atoms with Gasteiger partial charge in [0.05, 0.1) is 10.7 Å². The zero-order valence-corrected chi connectivity index (χ0v) is 13.1. The van der Waals surface area contributed by atoms with Gasteiger partial charge in [-0.2, -0.15) is 0 Å². The van der Waals surface area contributed by atoms with Gasteiger partial charge < -0.3 is 10.2 Å². The quantitative estimate of drug-likeness (QED) is 0.922. The maximum atomic E-state index is 4.69. The average molecular weight is 279 g/mol. The second-order valence-electron chi connectivity index (χ2n) is 6.12. The van der Waals surface area contributed by atoms with E-state index in [0.717, 1.165) is 6.04 Å². The van der Waals surface area contributed by atoms with Crippen LogP contribution < -0.4 is 5.32 Å². The van der Waals surface area contributed by atoms with Crippen molar-refractivity contribution in [1.29, 1.82) is 0 Å². The highest BCUT2D eigenvalue weighted by atomic mass is 32.1. The maximum absolute atomic E-state index is 4.69. The van der Waals surface area contributed by atoms with Crippen molar-refractivity contribution < 1.29 is 0 Å². The summed E-state index contributed by atoms with van der Waals surface area (Å²) in [6, 6.07) is 1.91. The summed E-state index contributed by atoms with van der Waals surface area (Å²) < 4.78 is 0. The van der Waals surface area contributed by atoms with Crippen LogP contribution in [0.4, 0.5) is 0 Å². The van der Waals surface area contributed by atoms with Crippen LogP contribution in [-0.2, 0) is 0 Å². The molecular formula is C15H25N3S. The molecule has 2 saturated heterocycles. The number of fused-ring (bicyclic) bond motifs is 1. The van der Waals surface area contributed by atoms with Crippen LogP contribution in [0.25, 0.3) is 0 Å². The first-order valence-electron chi connectivity index (χ1n) is 7.57. The minimum absolute atomic E-state index is 0.392. The van der Waals surface area contributed by atoms with Gasteiger partial charge in [0, 0.05) is 23.0 Å². The zero-order chi connectivity index (χ0) is 13.4. The van der Waals surface area contributed by atoms with Crippen LogP contribution in [0, 0.1) is 13.8 Å². The van der Waals surface area contributed by atoms with E-state index in [1.54, 1.807) is 0 Å². The number of piperidine rings is 1. The fourth-order valence-corrected chi connectivity index (χ4v) is 4.67. The number of rotatable bonds is 3. The van der Waals surface area contributed by atoms with Gasteiger partial charge in [0.2, 0.25) is 0 Å². The van der Waals surface area contributed by atoms with Crippen LogP contribution >= 0.6 is 11.3 Å². The van der Waals surface area contributed by atoms with E-state index in [-0.39, 0.29) is 0 Å². The monoisotopic (exact) mass is 279 g/mol. The summed E-state index contributed by atoms with van der Waals surface area (Å²) in [5.74, 6) is 0. The Morgan fingerprint density at radius 1 is 1.32 bits per heavy atom. The van der Waals surface area contributed by atoms with Gasteiger partial charge in [0.1, 0.15) is 0 Å². The Hall–Kier alpha value is -0.450. The third kappa shape index (κ3) is 2.86. The zero-order valence-electron chi connectivity index (χ0n) is 12.3. The molecule has 3 unspecified atom stereocenters. The molecule has 106 valence electrons. The van der Waals surface area contributed by atoms with Gasteiger partial charge in [-0.3, -0.25) is 0 Å². The minimum Gasteiger partial charge on any atom is -0.306 e. The molecule has 0 bridgehead atoms. The van der Waals surface area contributed by atoms with E-state index >= 15 is 0 Å². The molecule has 2 fully saturated rings. The van der Waals surface area contributed by atoms with Crippen LogP contribution in [0.15, 0.2) is 0 Å². The molecule has 2 aliphatic heterocycles. The van der Waals surface area contributed by atoms with Crippen molar-refractivity contribution in [2.75, 3.05) is 13.1 Å². The fraction of sp³-hybridized carbons (Fsp3) is 0.800. The molecule has 3 atom stereocenters. The van der Waals surface area contributed by atoms with Gasteiger partial charge in [-0.25, -0.2) is 4.98 Å². The van der Waals surface area contributed by atoms with Gasteiger partial charge in [0.15, 0.2) is 0 Å². The van der Waals surface area contributed by atoms with E-state index in [4.69, 9.17) is 0 Å². The molecule has 19 heavy (non-hydrogen) atoms. The van der Waals surface area contributed by atoms with Crippen LogP contribution in [0.2, 0.25) is 0 Å². The molecule has 0 radical (unpaired) electrons. The number of aryl methyl sites for hydroxylation is 2. The van der Waals surface area contributed by atoms with Gasteiger partial charge in [-0.05, 0) is 59.5 Å². The highest BCUT2D eigenvalue weighted by Crippen LogP contribution is 2.29. The van der Waals surface area contributed by atoms with Crippen LogP contribution in [0.5, 0.6) is 0 Å². The van der Waals surface area contributed by atoms with Crippen LogP contribution in [0.1, 0.15) is 54.2 Å². The predicted molar refractivity (Wildman–Crippen MR) is 80.8 cm³/mol. The van der Waals surface area contributed by atoms with E-state index in [0.29, 0.717) is 12.1 Å². The molecule has 0 spiro atoms. The molecule has 0 aliphatic carbocycles. The Bertz CT molecular complexity index is 443. The summed E-state index contributed by atoms with van der Waals surface area (Å²) in [5.41, 5.74) is 1.26. The van der Waals surface area contributed by atoms with E-state index in [2.05, 4.69) is 36.0 Å². The molecule has 0 amide bonds. The van der Waals surface area contributed by atoms with Crippen molar-refractivity contribution in [3.8, 4) is 0 Å². The fourth-order valence-electron chi connectivity index (χ4n) is 3.75. The minimum atomic E-state index is 0.392. The topological polar surface area (TPSA) is 28.2 Å². The van der Waals surface area contributed by atoms with Gasteiger partial charge in [-0.1, -0.05) is 0 Å². The van der Waals surface area contributed by atoms with E-state index in [1.165, 1.54) is 54.4 Å². The molecule has 0 aromatic carbocycles. The number of hydrogen-bond acceptors (Lipinski definition) is 4. The molecule has 1 N–H and O–H groups in total. The number of nitrogens with one attached hydrogen (secondary N) is 1. The first kappa shape index (κ1) is 13.5. The summed E-state index contributed by atoms with van der Waals surface area (Å²) in [6.45, 7) is 9.17. The Labute approximate surface area is 120 Å². The van der Waals surface area contributed by atoms with Gasteiger partial charge in [-0.15, -0.1) is 11.3 Å². The Morgan fingerprint density at radius 3 is 2.89 bits per heavy atom. The van der Waals surface area contributed by atoms with Crippen molar-refractivity contribution in [3.63, 3.8) is 0 Å². The first-order valence-corrected chi connectivity index (χ1v) is 8.39. The number of nitrogens with zero attached hydrogens (tertiary/aromatic N) is 2.